The van der Waals surface area contributed by atoms with Crippen LogP contribution in [0.25, 0.3) is 0 Å². The third-order valence-corrected chi connectivity index (χ3v) is 4.55. The lowest BCUT2D eigenvalue weighted by Crippen LogP contribution is -2.56. The van der Waals surface area contributed by atoms with E-state index in [0.29, 0.717) is 35.8 Å². The average Bonchev–Trinajstić information content (AvgIpc) is 2.62. The molecule has 0 saturated heterocycles. The van der Waals surface area contributed by atoms with Gasteiger partial charge in [-0.3, -0.25) is 4.79 Å². The Hall–Kier alpha value is -1.78. The number of rotatable bonds is 3. The Bertz CT molecular complexity index is 575. The highest BCUT2D eigenvalue weighted by molar-refractivity contribution is 6.00. The minimum absolute atomic E-state index is 0.295. The fourth-order valence-corrected chi connectivity index (χ4v) is 3.32. The fourth-order valence-electron chi connectivity index (χ4n) is 3.32. The summed E-state index contributed by atoms with van der Waals surface area (Å²) in [5.74, 6) is 0.227. The number of aliphatic carboxylic acids is 1. The number of carbonyl (C=O) groups excluding carboxylic acids is 1. The molecule has 1 aliphatic rings. The van der Waals surface area contributed by atoms with Crippen LogP contribution in [-0.4, -0.2) is 22.5 Å². The van der Waals surface area contributed by atoms with E-state index in [9.17, 15) is 14.7 Å². The third kappa shape index (κ3) is 2.82. The topological polar surface area (TPSA) is 79.5 Å². The van der Waals surface area contributed by atoms with Crippen molar-refractivity contribution >= 4 is 11.9 Å². The molecular formula is C16H23NO4. The Balaban J connectivity index is 2.29. The molecule has 0 aromatic carbocycles. The maximum atomic E-state index is 12.5. The van der Waals surface area contributed by atoms with E-state index in [4.69, 9.17) is 4.42 Å². The SMILES string of the molecule is Cc1oc(C)c(C(=O)NC2(C(=O)O)CCCC(C)C2)c1C. The molecule has 2 rings (SSSR count). The first-order valence-corrected chi connectivity index (χ1v) is 7.39. The third-order valence-electron chi connectivity index (χ3n) is 4.55. The Morgan fingerprint density at radius 2 is 1.95 bits per heavy atom. The summed E-state index contributed by atoms with van der Waals surface area (Å²) >= 11 is 0. The molecule has 1 fully saturated rings. The van der Waals surface area contributed by atoms with Gasteiger partial charge in [-0.05, 0) is 39.5 Å². The van der Waals surface area contributed by atoms with Gasteiger partial charge < -0.3 is 14.8 Å². The van der Waals surface area contributed by atoms with Crippen molar-refractivity contribution < 1.29 is 19.1 Å². The van der Waals surface area contributed by atoms with E-state index in [0.717, 1.165) is 18.4 Å². The van der Waals surface area contributed by atoms with Crippen molar-refractivity contribution in [1.29, 1.82) is 0 Å². The molecule has 116 valence electrons. The molecule has 1 aromatic rings. The first-order chi connectivity index (χ1) is 9.77. The molecule has 0 spiro atoms. The van der Waals surface area contributed by atoms with E-state index in [-0.39, 0.29) is 5.91 Å². The first-order valence-electron chi connectivity index (χ1n) is 7.39. The van der Waals surface area contributed by atoms with Gasteiger partial charge >= 0.3 is 5.97 Å². The van der Waals surface area contributed by atoms with E-state index in [1.54, 1.807) is 13.8 Å². The van der Waals surface area contributed by atoms with Gasteiger partial charge in [0, 0.05) is 5.56 Å². The smallest absolute Gasteiger partial charge is 0.329 e. The molecule has 1 saturated carbocycles. The van der Waals surface area contributed by atoms with Gasteiger partial charge in [-0.25, -0.2) is 4.79 Å². The predicted molar refractivity (Wildman–Crippen MR) is 78.4 cm³/mol. The van der Waals surface area contributed by atoms with Crippen molar-refractivity contribution in [2.75, 3.05) is 0 Å². The number of furan rings is 1. The summed E-state index contributed by atoms with van der Waals surface area (Å²) in [6, 6.07) is 0. The molecule has 1 aromatic heterocycles. The van der Waals surface area contributed by atoms with Crippen LogP contribution in [0.15, 0.2) is 4.42 Å². The van der Waals surface area contributed by atoms with Crippen molar-refractivity contribution in [3.8, 4) is 0 Å². The minimum atomic E-state index is -1.15. The van der Waals surface area contributed by atoms with Crippen LogP contribution in [0.2, 0.25) is 0 Å². The van der Waals surface area contributed by atoms with Gasteiger partial charge in [-0.2, -0.15) is 0 Å². The molecule has 0 bridgehead atoms. The van der Waals surface area contributed by atoms with E-state index in [1.807, 2.05) is 13.8 Å². The Morgan fingerprint density at radius 1 is 1.29 bits per heavy atom. The van der Waals surface area contributed by atoms with Crippen LogP contribution < -0.4 is 5.32 Å². The normalized spacial score (nSPS) is 25.6. The molecule has 0 aliphatic heterocycles. The average molecular weight is 293 g/mol. The summed E-state index contributed by atoms with van der Waals surface area (Å²) in [6.07, 6.45) is 2.78. The number of amides is 1. The number of carboxylic acid groups (broad SMARTS) is 1. The number of hydrogen-bond acceptors (Lipinski definition) is 3. The van der Waals surface area contributed by atoms with Crippen molar-refractivity contribution in [3.05, 3.63) is 22.6 Å². The monoisotopic (exact) mass is 293 g/mol. The lowest BCUT2D eigenvalue weighted by atomic mass is 9.76. The van der Waals surface area contributed by atoms with Gasteiger partial charge in [0.05, 0.1) is 5.56 Å². The fraction of sp³-hybridized carbons (Fsp3) is 0.625. The number of nitrogens with one attached hydrogen (secondary N) is 1. The molecule has 21 heavy (non-hydrogen) atoms. The van der Waals surface area contributed by atoms with E-state index < -0.39 is 11.5 Å². The second kappa shape index (κ2) is 5.54. The molecule has 2 N–H and O–H groups in total. The molecule has 5 nitrogen and oxygen atoms in total. The largest absolute Gasteiger partial charge is 0.480 e. The van der Waals surface area contributed by atoms with Crippen molar-refractivity contribution in [2.45, 2.75) is 58.9 Å². The molecule has 0 radical (unpaired) electrons. The van der Waals surface area contributed by atoms with Crippen molar-refractivity contribution in [3.63, 3.8) is 0 Å². The van der Waals surface area contributed by atoms with Crippen LogP contribution >= 0.6 is 0 Å². The molecule has 5 heteroatoms. The van der Waals surface area contributed by atoms with Gasteiger partial charge in [-0.15, -0.1) is 0 Å². The Kier molecular flexibility index (Phi) is 4.12. The Labute approximate surface area is 124 Å². The highest BCUT2D eigenvalue weighted by atomic mass is 16.4. The predicted octanol–water partition coefficient (Wildman–Crippen LogP) is 2.97. The first kappa shape index (κ1) is 15.6. The van der Waals surface area contributed by atoms with Crippen LogP contribution in [0.5, 0.6) is 0 Å². The maximum absolute atomic E-state index is 12.5. The highest BCUT2D eigenvalue weighted by Gasteiger charge is 2.43. The second-order valence-electron chi connectivity index (χ2n) is 6.26. The van der Waals surface area contributed by atoms with E-state index in [1.165, 1.54) is 0 Å². The highest BCUT2D eigenvalue weighted by Crippen LogP contribution is 2.33. The molecule has 1 amide bonds. The quantitative estimate of drug-likeness (QED) is 0.898. The zero-order valence-corrected chi connectivity index (χ0v) is 13.1. The Morgan fingerprint density at radius 3 is 2.43 bits per heavy atom. The number of aryl methyl sites for hydroxylation is 2. The van der Waals surface area contributed by atoms with Gasteiger partial charge in [-0.1, -0.05) is 19.8 Å². The second-order valence-corrected chi connectivity index (χ2v) is 6.26. The standard InChI is InChI=1S/C16H23NO4/c1-9-6-5-7-16(8-9,15(19)20)17-14(18)13-10(2)11(3)21-12(13)4/h9H,5-8H2,1-4H3,(H,17,18)(H,19,20). The van der Waals surface area contributed by atoms with Crippen LogP contribution in [-0.2, 0) is 4.79 Å². The molecule has 1 aliphatic carbocycles. The molecule has 2 unspecified atom stereocenters. The van der Waals surface area contributed by atoms with Crippen molar-refractivity contribution in [2.24, 2.45) is 5.92 Å². The summed E-state index contributed by atoms with van der Waals surface area (Å²) in [6.45, 7) is 7.37. The summed E-state index contributed by atoms with van der Waals surface area (Å²) in [4.78, 5) is 24.3. The summed E-state index contributed by atoms with van der Waals surface area (Å²) in [5, 5.41) is 12.4. The number of carbonyl (C=O) groups is 2. The summed E-state index contributed by atoms with van der Waals surface area (Å²) in [7, 11) is 0. The lowest BCUT2D eigenvalue weighted by molar-refractivity contribution is -0.146. The number of hydrogen-bond donors (Lipinski definition) is 2. The summed E-state index contributed by atoms with van der Waals surface area (Å²) < 4.78 is 5.46. The van der Waals surface area contributed by atoms with Crippen LogP contribution in [0.3, 0.4) is 0 Å². The lowest BCUT2D eigenvalue weighted by Gasteiger charge is -2.37. The van der Waals surface area contributed by atoms with Crippen LogP contribution in [0.1, 0.15) is 60.0 Å². The maximum Gasteiger partial charge on any atom is 0.329 e. The van der Waals surface area contributed by atoms with E-state index >= 15 is 0 Å². The van der Waals surface area contributed by atoms with Gasteiger partial charge in [0.25, 0.3) is 5.91 Å². The molecular weight excluding hydrogens is 270 g/mol. The zero-order chi connectivity index (χ0) is 15.8. The van der Waals surface area contributed by atoms with Gasteiger partial charge in [0.2, 0.25) is 0 Å². The van der Waals surface area contributed by atoms with E-state index in [2.05, 4.69) is 5.32 Å². The molecule has 1 heterocycles. The zero-order valence-electron chi connectivity index (χ0n) is 13.1. The van der Waals surface area contributed by atoms with Crippen LogP contribution in [0, 0.1) is 26.7 Å². The minimum Gasteiger partial charge on any atom is -0.480 e. The van der Waals surface area contributed by atoms with Gasteiger partial charge in [0.1, 0.15) is 17.1 Å². The number of carboxylic acids is 1. The van der Waals surface area contributed by atoms with Crippen LogP contribution in [0.4, 0.5) is 0 Å². The summed E-state index contributed by atoms with van der Waals surface area (Å²) in [5.41, 5.74) is 0.0828. The molecule has 2 atom stereocenters. The van der Waals surface area contributed by atoms with Gasteiger partial charge in [0.15, 0.2) is 0 Å². The van der Waals surface area contributed by atoms with Crippen molar-refractivity contribution in [1.82, 2.24) is 5.32 Å².